The van der Waals surface area contributed by atoms with Gasteiger partial charge >= 0.3 is 12.1 Å². The molecular weight excluding hydrogens is 318 g/mol. The first-order valence-electron chi connectivity index (χ1n) is 7.21. The molecule has 1 aromatic carbocycles. The molecule has 0 saturated heterocycles. The van der Waals surface area contributed by atoms with Crippen LogP contribution in [0.3, 0.4) is 0 Å². The van der Waals surface area contributed by atoms with Gasteiger partial charge in [-0.05, 0) is 38.5 Å². The Bertz CT molecular complexity index is 595. The first-order chi connectivity index (χ1) is 11.1. The van der Waals surface area contributed by atoms with Gasteiger partial charge in [0.1, 0.15) is 11.7 Å². The lowest BCUT2D eigenvalue weighted by atomic mass is 10.0. The molecule has 134 valence electrons. The van der Waals surface area contributed by atoms with Crippen LogP contribution in [0, 0.1) is 0 Å². The normalized spacial score (nSPS) is 13.6. The summed E-state index contributed by atoms with van der Waals surface area (Å²) in [5.41, 5.74) is -0.544. The number of carbonyl (C=O) groups is 2. The molecule has 2 atom stereocenters. The monoisotopic (exact) mass is 341 g/mol. The number of nitrogens with one attached hydrogen (secondary N) is 1. The summed E-state index contributed by atoms with van der Waals surface area (Å²) in [7, 11) is 2.87. The van der Waals surface area contributed by atoms with Gasteiger partial charge in [0.15, 0.2) is 17.5 Å². The van der Waals surface area contributed by atoms with E-state index in [1.54, 1.807) is 20.8 Å². The Morgan fingerprint density at radius 3 is 2.17 bits per heavy atom. The Balaban J connectivity index is 3.00. The second kappa shape index (κ2) is 7.87. The van der Waals surface area contributed by atoms with Crippen LogP contribution in [0.1, 0.15) is 32.4 Å². The van der Waals surface area contributed by atoms with Crippen molar-refractivity contribution in [2.24, 2.45) is 0 Å². The van der Waals surface area contributed by atoms with E-state index < -0.39 is 29.8 Å². The molecule has 3 N–H and O–H groups in total. The van der Waals surface area contributed by atoms with Crippen LogP contribution in [0.25, 0.3) is 0 Å². The molecule has 1 aromatic rings. The molecule has 0 aliphatic heterocycles. The van der Waals surface area contributed by atoms with Crippen molar-refractivity contribution >= 4 is 12.1 Å². The highest BCUT2D eigenvalue weighted by molar-refractivity contribution is 5.81. The Kier molecular flexibility index (Phi) is 6.42. The predicted octanol–water partition coefficient (Wildman–Crippen LogP) is 1.72. The van der Waals surface area contributed by atoms with E-state index in [0.29, 0.717) is 11.5 Å². The van der Waals surface area contributed by atoms with Crippen molar-refractivity contribution in [2.45, 2.75) is 38.5 Å². The van der Waals surface area contributed by atoms with Gasteiger partial charge in [-0.15, -0.1) is 0 Å². The highest BCUT2D eigenvalue weighted by Crippen LogP contribution is 2.31. The molecule has 0 heterocycles. The molecular formula is C16H23NO7. The van der Waals surface area contributed by atoms with Crippen molar-refractivity contribution in [3.05, 3.63) is 23.8 Å². The highest BCUT2D eigenvalue weighted by Gasteiger charge is 2.31. The van der Waals surface area contributed by atoms with Crippen LogP contribution < -0.4 is 14.8 Å². The summed E-state index contributed by atoms with van der Waals surface area (Å²) in [4.78, 5) is 23.2. The van der Waals surface area contributed by atoms with E-state index in [2.05, 4.69) is 5.32 Å². The fourth-order valence-electron chi connectivity index (χ4n) is 1.94. The first kappa shape index (κ1) is 19.6. The van der Waals surface area contributed by atoms with Crippen molar-refractivity contribution in [3.8, 4) is 11.5 Å². The third kappa shape index (κ3) is 5.31. The molecule has 1 rings (SSSR count). The maximum Gasteiger partial charge on any atom is 0.408 e. The zero-order valence-corrected chi connectivity index (χ0v) is 14.3. The van der Waals surface area contributed by atoms with Crippen molar-refractivity contribution < 1.29 is 34.0 Å². The minimum absolute atomic E-state index is 0.246. The number of carbonyl (C=O) groups excluding carboxylic acids is 1. The van der Waals surface area contributed by atoms with Gasteiger partial charge in [-0.3, -0.25) is 0 Å². The average Bonchev–Trinajstić information content (AvgIpc) is 2.49. The van der Waals surface area contributed by atoms with Crippen molar-refractivity contribution in [1.29, 1.82) is 0 Å². The maximum atomic E-state index is 11.8. The van der Waals surface area contributed by atoms with Gasteiger partial charge in [0.2, 0.25) is 0 Å². The van der Waals surface area contributed by atoms with E-state index in [4.69, 9.17) is 14.2 Å². The number of aliphatic hydroxyl groups excluding tert-OH is 1. The molecule has 24 heavy (non-hydrogen) atoms. The summed E-state index contributed by atoms with van der Waals surface area (Å²) in [5, 5.41) is 21.8. The van der Waals surface area contributed by atoms with Crippen LogP contribution in [0.5, 0.6) is 11.5 Å². The largest absolute Gasteiger partial charge is 0.493 e. The molecule has 0 unspecified atom stereocenters. The number of hydrogen-bond donors (Lipinski definition) is 3. The van der Waals surface area contributed by atoms with E-state index in [9.17, 15) is 19.8 Å². The number of rotatable bonds is 6. The molecule has 0 aliphatic carbocycles. The molecule has 0 fully saturated rings. The number of carboxylic acids is 1. The van der Waals surface area contributed by atoms with Crippen molar-refractivity contribution in [1.82, 2.24) is 5.32 Å². The van der Waals surface area contributed by atoms with E-state index in [-0.39, 0.29) is 5.56 Å². The number of amides is 1. The summed E-state index contributed by atoms with van der Waals surface area (Å²) < 4.78 is 15.2. The molecule has 0 spiro atoms. The summed E-state index contributed by atoms with van der Waals surface area (Å²) >= 11 is 0. The van der Waals surface area contributed by atoms with Crippen LogP contribution in [0.2, 0.25) is 0 Å². The second-order valence-corrected chi connectivity index (χ2v) is 6.02. The Morgan fingerprint density at radius 1 is 1.12 bits per heavy atom. The number of ether oxygens (including phenoxy) is 3. The Morgan fingerprint density at radius 2 is 1.71 bits per heavy atom. The van der Waals surface area contributed by atoms with Crippen LogP contribution in [0.4, 0.5) is 4.79 Å². The quantitative estimate of drug-likeness (QED) is 0.721. The van der Waals surface area contributed by atoms with Crippen molar-refractivity contribution in [3.63, 3.8) is 0 Å². The summed E-state index contributed by atoms with van der Waals surface area (Å²) in [6.45, 7) is 4.94. The maximum absolute atomic E-state index is 11.8. The minimum atomic E-state index is -1.59. The number of carboxylic acid groups (broad SMARTS) is 1. The molecule has 1 amide bonds. The molecule has 0 aliphatic rings. The van der Waals surface area contributed by atoms with Crippen molar-refractivity contribution in [2.75, 3.05) is 14.2 Å². The Labute approximate surface area is 140 Å². The molecule has 0 saturated carbocycles. The smallest absolute Gasteiger partial charge is 0.408 e. The predicted molar refractivity (Wildman–Crippen MR) is 85.3 cm³/mol. The van der Waals surface area contributed by atoms with Gasteiger partial charge < -0.3 is 29.7 Å². The lowest BCUT2D eigenvalue weighted by molar-refractivity contribution is -0.142. The average molecular weight is 341 g/mol. The standard InChI is InChI=1S/C16H23NO7/c1-16(2,3)24-15(21)17-12(14(19)20)13(18)9-6-7-10(22-4)11(8-9)23-5/h6-8,12-13,18H,1-5H3,(H,17,21)(H,19,20)/t12-,13+/m0/s1. The molecule has 8 nitrogen and oxygen atoms in total. The lowest BCUT2D eigenvalue weighted by Crippen LogP contribution is -2.46. The third-order valence-corrected chi connectivity index (χ3v) is 3.00. The van der Waals surface area contributed by atoms with Gasteiger partial charge in [0.05, 0.1) is 14.2 Å². The number of methoxy groups -OCH3 is 2. The fraction of sp³-hybridized carbons (Fsp3) is 0.500. The number of hydrogen-bond acceptors (Lipinski definition) is 6. The summed E-state index contributed by atoms with van der Waals surface area (Å²) in [5.74, 6) is -0.640. The number of benzene rings is 1. The van der Waals surface area contributed by atoms with E-state index in [0.717, 1.165) is 0 Å². The lowest BCUT2D eigenvalue weighted by Gasteiger charge is -2.24. The van der Waals surface area contributed by atoms with Gasteiger partial charge in [0.25, 0.3) is 0 Å². The molecule has 0 bridgehead atoms. The van der Waals surface area contributed by atoms with Gasteiger partial charge in [-0.2, -0.15) is 0 Å². The minimum Gasteiger partial charge on any atom is -0.493 e. The van der Waals surface area contributed by atoms with Crippen LogP contribution >= 0.6 is 0 Å². The van der Waals surface area contributed by atoms with Gasteiger partial charge in [-0.25, -0.2) is 9.59 Å². The van der Waals surface area contributed by atoms with E-state index in [1.165, 1.54) is 32.4 Å². The van der Waals surface area contributed by atoms with E-state index >= 15 is 0 Å². The number of aliphatic carboxylic acids is 1. The zero-order chi connectivity index (χ0) is 18.5. The summed E-state index contributed by atoms with van der Waals surface area (Å²) in [6.07, 6.45) is -2.44. The molecule has 0 radical (unpaired) electrons. The van der Waals surface area contributed by atoms with E-state index in [1.807, 2.05) is 0 Å². The molecule has 0 aromatic heterocycles. The topological polar surface area (TPSA) is 114 Å². The van der Waals surface area contributed by atoms with Crippen LogP contribution in [0.15, 0.2) is 18.2 Å². The summed E-state index contributed by atoms with van der Waals surface area (Å²) in [6, 6.07) is 2.87. The zero-order valence-electron chi connectivity index (χ0n) is 14.3. The number of aliphatic hydroxyl groups is 1. The van der Waals surface area contributed by atoms with Crippen LogP contribution in [-0.4, -0.2) is 48.1 Å². The van der Waals surface area contributed by atoms with Gasteiger partial charge in [-0.1, -0.05) is 6.07 Å². The Hall–Kier alpha value is -2.48. The van der Waals surface area contributed by atoms with Gasteiger partial charge in [0, 0.05) is 0 Å². The third-order valence-electron chi connectivity index (χ3n) is 3.00. The second-order valence-electron chi connectivity index (χ2n) is 6.02. The fourth-order valence-corrected chi connectivity index (χ4v) is 1.94. The highest BCUT2D eigenvalue weighted by atomic mass is 16.6. The first-order valence-corrected chi connectivity index (χ1v) is 7.21. The number of alkyl carbamates (subject to hydrolysis) is 1. The SMILES string of the molecule is COc1ccc([C@@H](O)[C@H](NC(=O)OC(C)(C)C)C(=O)O)cc1OC. The molecule has 8 heteroatoms. The van der Waals surface area contributed by atoms with Crippen LogP contribution in [-0.2, 0) is 9.53 Å².